The fourth-order valence-electron chi connectivity index (χ4n) is 1.49. The van der Waals surface area contributed by atoms with Crippen LogP contribution in [0.1, 0.15) is 17.3 Å². The lowest BCUT2D eigenvalue weighted by molar-refractivity contribution is 0.0775. The fraction of sp³-hybridized carbons (Fsp3) is 0.333. The standard InChI is InChI=1S/C12H13F2N3O/c1-7(5-15)6-17(2)12(18)10-8(13)3-4-9(16)11(10)14/h3-4,7H,6,16H2,1-2H3. The van der Waals surface area contributed by atoms with Crippen LogP contribution in [0.2, 0.25) is 0 Å². The predicted molar refractivity (Wildman–Crippen MR) is 62.5 cm³/mol. The third kappa shape index (κ3) is 2.74. The molecule has 0 saturated heterocycles. The van der Waals surface area contributed by atoms with Gasteiger partial charge in [0, 0.05) is 13.6 Å². The van der Waals surface area contributed by atoms with Crippen LogP contribution in [0, 0.1) is 28.9 Å². The average molecular weight is 253 g/mol. The Balaban J connectivity index is 3.05. The molecule has 0 heterocycles. The van der Waals surface area contributed by atoms with Crippen LogP contribution in [0.3, 0.4) is 0 Å². The van der Waals surface area contributed by atoms with Crippen molar-refractivity contribution in [3.05, 3.63) is 29.3 Å². The van der Waals surface area contributed by atoms with Gasteiger partial charge in [0.05, 0.1) is 17.7 Å². The Morgan fingerprint density at radius 3 is 2.72 bits per heavy atom. The number of rotatable bonds is 3. The van der Waals surface area contributed by atoms with Crippen molar-refractivity contribution in [1.82, 2.24) is 4.90 Å². The Morgan fingerprint density at radius 1 is 1.56 bits per heavy atom. The molecule has 0 bridgehead atoms. The quantitative estimate of drug-likeness (QED) is 0.835. The first-order valence-corrected chi connectivity index (χ1v) is 5.27. The molecular weight excluding hydrogens is 240 g/mol. The van der Waals surface area contributed by atoms with E-state index in [4.69, 9.17) is 11.0 Å². The summed E-state index contributed by atoms with van der Waals surface area (Å²) in [6.07, 6.45) is 0. The molecule has 1 rings (SSSR count). The molecule has 0 aliphatic rings. The Bertz CT molecular complexity index is 511. The largest absolute Gasteiger partial charge is 0.396 e. The molecule has 1 atom stereocenters. The summed E-state index contributed by atoms with van der Waals surface area (Å²) in [5.74, 6) is -3.30. The molecule has 1 aromatic carbocycles. The zero-order chi connectivity index (χ0) is 13.9. The highest BCUT2D eigenvalue weighted by atomic mass is 19.1. The zero-order valence-corrected chi connectivity index (χ0v) is 10.1. The summed E-state index contributed by atoms with van der Waals surface area (Å²) in [5, 5.41) is 8.63. The smallest absolute Gasteiger partial charge is 0.259 e. The van der Waals surface area contributed by atoms with Crippen LogP contribution in [0.4, 0.5) is 14.5 Å². The molecule has 1 aromatic rings. The monoisotopic (exact) mass is 253 g/mol. The highest BCUT2D eigenvalue weighted by Crippen LogP contribution is 2.20. The van der Waals surface area contributed by atoms with E-state index in [0.29, 0.717) is 0 Å². The first kappa shape index (κ1) is 13.9. The van der Waals surface area contributed by atoms with Crippen molar-refractivity contribution in [3.63, 3.8) is 0 Å². The third-order valence-electron chi connectivity index (χ3n) is 2.45. The van der Waals surface area contributed by atoms with Gasteiger partial charge >= 0.3 is 0 Å². The summed E-state index contributed by atoms with van der Waals surface area (Å²) >= 11 is 0. The summed E-state index contributed by atoms with van der Waals surface area (Å²) in [6, 6.07) is 3.93. The number of amides is 1. The van der Waals surface area contributed by atoms with Crippen LogP contribution < -0.4 is 5.73 Å². The molecule has 0 aliphatic heterocycles. The van der Waals surface area contributed by atoms with Gasteiger partial charge < -0.3 is 10.6 Å². The van der Waals surface area contributed by atoms with Crippen molar-refractivity contribution in [3.8, 4) is 6.07 Å². The maximum absolute atomic E-state index is 13.6. The lowest BCUT2D eigenvalue weighted by Gasteiger charge is -2.19. The van der Waals surface area contributed by atoms with Crippen LogP contribution >= 0.6 is 0 Å². The van der Waals surface area contributed by atoms with E-state index in [-0.39, 0.29) is 12.2 Å². The molecule has 0 spiro atoms. The predicted octanol–water partition coefficient (Wildman–Crippen LogP) is 1.78. The van der Waals surface area contributed by atoms with E-state index < -0.39 is 29.0 Å². The van der Waals surface area contributed by atoms with Gasteiger partial charge in [0.1, 0.15) is 11.4 Å². The summed E-state index contributed by atoms with van der Waals surface area (Å²) in [5.41, 5.74) is 4.31. The second-order valence-corrected chi connectivity index (χ2v) is 4.04. The molecule has 0 aliphatic carbocycles. The first-order chi connectivity index (χ1) is 8.38. The van der Waals surface area contributed by atoms with Crippen molar-refractivity contribution < 1.29 is 13.6 Å². The van der Waals surface area contributed by atoms with Crippen molar-refractivity contribution in [2.45, 2.75) is 6.92 Å². The second-order valence-electron chi connectivity index (χ2n) is 4.04. The van der Waals surface area contributed by atoms with E-state index in [1.165, 1.54) is 7.05 Å². The van der Waals surface area contributed by atoms with Gasteiger partial charge in [-0.2, -0.15) is 5.26 Å². The summed E-state index contributed by atoms with van der Waals surface area (Å²) in [6.45, 7) is 1.69. The van der Waals surface area contributed by atoms with Crippen LogP contribution in [0.25, 0.3) is 0 Å². The molecule has 2 N–H and O–H groups in total. The van der Waals surface area contributed by atoms with Gasteiger partial charge in [0.25, 0.3) is 5.91 Å². The number of nitrogens with two attached hydrogens (primary N) is 1. The molecule has 18 heavy (non-hydrogen) atoms. The van der Waals surface area contributed by atoms with Gasteiger partial charge in [0.15, 0.2) is 5.82 Å². The Labute approximate surface area is 104 Å². The maximum Gasteiger partial charge on any atom is 0.259 e. The Hall–Kier alpha value is -2.16. The van der Waals surface area contributed by atoms with E-state index >= 15 is 0 Å². The normalized spacial score (nSPS) is 11.7. The number of carbonyl (C=O) groups excluding carboxylic acids is 1. The van der Waals surface area contributed by atoms with E-state index in [1.54, 1.807) is 6.92 Å². The SMILES string of the molecule is CC(C#N)CN(C)C(=O)c1c(F)ccc(N)c1F. The zero-order valence-electron chi connectivity index (χ0n) is 10.1. The van der Waals surface area contributed by atoms with E-state index in [2.05, 4.69) is 0 Å². The number of hydrogen-bond acceptors (Lipinski definition) is 3. The number of benzene rings is 1. The minimum absolute atomic E-state index is 0.0863. The number of nitriles is 1. The van der Waals surface area contributed by atoms with Crippen molar-refractivity contribution in [2.75, 3.05) is 19.3 Å². The van der Waals surface area contributed by atoms with E-state index in [1.807, 2.05) is 6.07 Å². The lowest BCUT2D eigenvalue weighted by atomic mass is 10.1. The Morgan fingerprint density at radius 2 is 2.17 bits per heavy atom. The lowest BCUT2D eigenvalue weighted by Crippen LogP contribution is -2.32. The molecule has 6 heteroatoms. The molecule has 0 fully saturated rings. The first-order valence-electron chi connectivity index (χ1n) is 5.27. The highest BCUT2D eigenvalue weighted by Gasteiger charge is 2.23. The third-order valence-corrected chi connectivity index (χ3v) is 2.45. The van der Waals surface area contributed by atoms with Crippen LogP contribution in [0.15, 0.2) is 12.1 Å². The van der Waals surface area contributed by atoms with E-state index in [0.717, 1.165) is 17.0 Å². The van der Waals surface area contributed by atoms with Crippen LogP contribution in [-0.4, -0.2) is 24.4 Å². The average Bonchev–Trinajstić information content (AvgIpc) is 2.33. The second kappa shape index (κ2) is 5.45. The van der Waals surface area contributed by atoms with Gasteiger partial charge in [-0.3, -0.25) is 4.79 Å². The number of halogens is 2. The van der Waals surface area contributed by atoms with Crippen LogP contribution in [-0.2, 0) is 0 Å². The van der Waals surface area contributed by atoms with Crippen LogP contribution in [0.5, 0.6) is 0 Å². The number of hydrogen-bond donors (Lipinski definition) is 1. The molecule has 0 radical (unpaired) electrons. The molecule has 1 amide bonds. The summed E-state index contributed by atoms with van der Waals surface area (Å²) in [7, 11) is 1.37. The number of nitrogen functional groups attached to an aromatic ring is 1. The van der Waals surface area contributed by atoms with E-state index in [9.17, 15) is 13.6 Å². The number of anilines is 1. The summed E-state index contributed by atoms with van der Waals surface area (Å²) in [4.78, 5) is 13.0. The molecule has 0 aromatic heterocycles. The van der Waals surface area contributed by atoms with Gasteiger partial charge in [0.2, 0.25) is 0 Å². The molecule has 4 nitrogen and oxygen atoms in total. The molecule has 96 valence electrons. The van der Waals surface area contributed by atoms with Gasteiger partial charge in [-0.05, 0) is 19.1 Å². The van der Waals surface area contributed by atoms with Gasteiger partial charge in [-0.15, -0.1) is 0 Å². The molecule has 0 saturated carbocycles. The van der Waals surface area contributed by atoms with Gasteiger partial charge in [-0.1, -0.05) is 0 Å². The number of carbonyl (C=O) groups is 1. The topological polar surface area (TPSA) is 70.1 Å². The van der Waals surface area contributed by atoms with Gasteiger partial charge in [-0.25, -0.2) is 8.78 Å². The summed E-state index contributed by atoms with van der Waals surface area (Å²) < 4.78 is 27.1. The highest BCUT2D eigenvalue weighted by molar-refractivity contribution is 5.95. The fourth-order valence-corrected chi connectivity index (χ4v) is 1.49. The minimum Gasteiger partial charge on any atom is -0.396 e. The van der Waals surface area contributed by atoms with Crippen molar-refractivity contribution >= 4 is 11.6 Å². The Kier molecular flexibility index (Phi) is 4.21. The molecule has 1 unspecified atom stereocenters. The minimum atomic E-state index is -1.07. The van der Waals surface area contributed by atoms with Crippen molar-refractivity contribution in [2.24, 2.45) is 5.92 Å². The number of nitrogens with zero attached hydrogens (tertiary/aromatic N) is 2. The molecular formula is C12H13F2N3O. The maximum atomic E-state index is 13.6. The van der Waals surface area contributed by atoms with Crippen molar-refractivity contribution in [1.29, 1.82) is 5.26 Å².